The van der Waals surface area contributed by atoms with Gasteiger partial charge >= 0.3 is 5.97 Å². The van der Waals surface area contributed by atoms with Crippen LogP contribution in [0.2, 0.25) is 0 Å². The van der Waals surface area contributed by atoms with Crippen molar-refractivity contribution in [2.24, 2.45) is 0 Å². The van der Waals surface area contributed by atoms with Crippen molar-refractivity contribution in [3.05, 3.63) is 78.1 Å². The molecule has 132 valence electrons. The highest BCUT2D eigenvalue weighted by Crippen LogP contribution is 2.22. The van der Waals surface area contributed by atoms with Gasteiger partial charge in [0.25, 0.3) is 0 Å². The van der Waals surface area contributed by atoms with Crippen molar-refractivity contribution in [1.29, 1.82) is 0 Å². The van der Waals surface area contributed by atoms with Crippen molar-refractivity contribution in [3.8, 4) is 0 Å². The Morgan fingerprint density at radius 3 is 2.54 bits per heavy atom. The maximum absolute atomic E-state index is 11.4. The number of anilines is 3. The van der Waals surface area contributed by atoms with Crippen molar-refractivity contribution in [2.75, 3.05) is 16.8 Å². The van der Waals surface area contributed by atoms with Crippen LogP contribution in [0.5, 0.6) is 0 Å². The van der Waals surface area contributed by atoms with Gasteiger partial charge in [-0.2, -0.15) is 0 Å². The van der Waals surface area contributed by atoms with Crippen molar-refractivity contribution in [1.82, 2.24) is 9.97 Å². The van der Waals surface area contributed by atoms with Crippen LogP contribution in [-0.4, -0.2) is 27.6 Å². The molecule has 26 heavy (non-hydrogen) atoms. The van der Waals surface area contributed by atoms with Gasteiger partial charge in [0.1, 0.15) is 18.0 Å². The minimum Gasteiger partial charge on any atom is -0.478 e. The molecular weight excluding hydrogens is 328 g/mol. The van der Waals surface area contributed by atoms with Gasteiger partial charge < -0.3 is 15.3 Å². The second-order valence-electron chi connectivity index (χ2n) is 5.74. The molecule has 3 rings (SSSR count). The lowest BCUT2D eigenvalue weighted by atomic mass is 10.2. The van der Waals surface area contributed by atoms with E-state index < -0.39 is 5.97 Å². The first kappa shape index (κ1) is 17.4. The Balaban J connectivity index is 1.82. The Morgan fingerprint density at radius 1 is 1.08 bits per heavy atom. The second kappa shape index (κ2) is 8.11. The summed E-state index contributed by atoms with van der Waals surface area (Å²) in [7, 11) is 0. The first-order chi connectivity index (χ1) is 12.7. The summed E-state index contributed by atoms with van der Waals surface area (Å²) in [6.45, 7) is 3.59. The number of para-hydroxylation sites is 1. The molecule has 0 unspecified atom stereocenters. The smallest absolute Gasteiger partial charge is 0.337 e. The lowest BCUT2D eigenvalue weighted by Gasteiger charge is -2.22. The molecule has 0 aliphatic rings. The third-order valence-electron chi connectivity index (χ3n) is 3.99. The first-order valence-electron chi connectivity index (χ1n) is 8.37. The summed E-state index contributed by atoms with van der Waals surface area (Å²) in [6, 6.07) is 18.7. The van der Waals surface area contributed by atoms with Crippen molar-refractivity contribution >= 4 is 23.3 Å². The Kier molecular flexibility index (Phi) is 5.43. The van der Waals surface area contributed by atoms with Crippen LogP contribution >= 0.6 is 0 Å². The molecule has 0 atom stereocenters. The lowest BCUT2D eigenvalue weighted by Crippen LogP contribution is -2.23. The van der Waals surface area contributed by atoms with Crippen molar-refractivity contribution in [2.45, 2.75) is 13.5 Å². The minimum atomic E-state index is -0.985. The zero-order valence-electron chi connectivity index (χ0n) is 14.5. The number of nitrogens with zero attached hydrogens (tertiary/aromatic N) is 3. The summed E-state index contributed by atoms with van der Waals surface area (Å²) < 4.78 is 0. The van der Waals surface area contributed by atoms with Gasteiger partial charge in [-0.25, -0.2) is 14.8 Å². The molecule has 0 spiro atoms. The number of aromatic carboxylic acids is 1. The Morgan fingerprint density at radius 2 is 1.81 bits per heavy atom. The summed E-state index contributed by atoms with van der Waals surface area (Å²) >= 11 is 0. The van der Waals surface area contributed by atoms with Gasteiger partial charge in [0, 0.05) is 19.2 Å². The molecule has 0 radical (unpaired) electrons. The maximum atomic E-state index is 11.4. The van der Waals surface area contributed by atoms with E-state index in [9.17, 15) is 9.90 Å². The molecule has 0 saturated heterocycles. The van der Waals surface area contributed by atoms with Crippen LogP contribution in [-0.2, 0) is 6.54 Å². The van der Waals surface area contributed by atoms with Crippen LogP contribution in [0.4, 0.5) is 17.3 Å². The zero-order valence-corrected chi connectivity index (χ0v) is 14.5. The van der Waals surface area contributed by atoms with Gasteiger partial charge in [0.05, 0.1) is 11.3 Å². The molecule has 0 aliphatic heterocycles. The molecule has 2 aromatic carbocycles. The van der Waals surface area contributed by atoms with Crippen molar-refractivity contribution < 1.29 is 9.90 Å². The predicted octanol–water partition coefficient (Wildman–Crippen LogP) is 3.94. The monoisotopic (exact) mass is 348 g/mol. The zero-order chi connectivity index (χ0) is 18.4. The van der Waals surface area contributed by atoms with E-state index in [0.717, 1.165) is 18.9 Å². The number of hydrogen-bond acceptors (Lipinski definition) is 5. The topological polar surface area (TPSA) is 78.4 Å². The standard InChI is InChI=1S/C20H20N4O2/c1-2-24(13-15-8-4-3-5-9-15)19-12-18(21-14-22-19)23-17-11-7-6-10-16(17)20(25)26/h3-12,14H,2,13H2,1H3,(H,25,26)(H,21,22,23). The van der Waals surface area contributed by atoms with E-state index in [0.29, 0.717) is 11.5 Å². The van der Waals surface area contributed by atoms with Crippen LogP contribution in [0.3, 0.4) is 0 Å². The highest BCUT2D eigenvalue weighted by Gasteiger charge is 2.12. The van der Waals surface area contributed by atoms with E-state index in [1.807, 2.05) is 24.3 Å². The quantitative estimate of drug-likeness (QED) is 0.673. The highest BCUT2D eigenvalue weighted by atomic mass is 16.4. The molecule has 0 fully saturated rings. The van der Waals surface area contributed by atoms with Crippen LogP contribution in [0.1, 0.15) is 22.8 Å². The molecule has 1 heterocycles. The van der Waals surface area contributed by atoms with E-state index >= 15 is 0 Å². The summed E-state index contributed by atoms with van der Waals surface area (Å²) in [4.78, 5) is 22.1. The molecule has 2 N–H and O–H groups in total. The van der Waals surface area contributed by atoms with Gasteiger partial charge in [0.2, 0.25) is 0 Å². The van der Waals surface area contributed by atoms with Crippen LogP contribution < -0.4 is 10.2 Å². The summed E-state index contributed by atoms with van der Waals surface area (Å²) in [5.41, 5.74) is 1.89. The SMILES string of the molecule is CCN(Cc1ccccc1)c1cc(Nc2ccccc2C(=O)O)ncn1. The Labute approximate surface area is 152 Å². The van der Waals surface area contributed by atoms with Crippen molar-refractivity contribution in [3.63, 3.8) is 0 Å². The fourth-order valence-corrected chi connectivity index (χ4v) is 2.66. The third-order valence-corrected chi connectivity index (χ3v) is 3.99. The van der Waals surface area contributed by atoms with Crippen LogP contribution in [0.25, 0.3) is 0 Å². The fourth-order valence-electron chi connectivity index (χ4n) is 2.66. The van der Waals surface area contributed by atoms with Gasteiger partial charge in [0.15, 0.2) is 0 Å². The van der Waals surface area contributed by atoms with Gasteiger partial charge in [-0.05, 0) is 24.6 Å². The summed E-state index contributed by atoms with van der Waals surface area (Å²) in [6.07, 6.45) is 1.48. The largest absolute Gasteiger partial charge is 0.478 e. The number of aromatic nitrogens is 2. The Bertz CT molecular complexity index is 884. The van der Waals surface area contributed by atoms with Crippen LogP contribution in [0, 0.1) is 0 Å². The molecule has 6 nitrogen and oxygen atoms in total. The molecule has 1 aromatic heterocycles. The maximum Gasteiger partial charge on any atom is 0.337 e. The molecule has 0 amide bonds. The van der Waals surface area contributed by atoms with E-state index in [1.165, 1.54) is 11.9 Å². The summed E-state index contributed by atoms with van der Waals surface area (Å²) in [5.74, 6) is 0.346. The first-order valence-corrected chi connectivity index (χ1v) is 8.37. The highest BCUT2D eigenvalue weighted by molar-refractivity contribution is 5.95. The van der Waals surface area contributed by atoms with Gasteiger partial charge in [-0.1, -0.05) is 42.5 Å². The number of carboxylic acid groups (broad SMARTS) is 1. The van der Waals surface area contributed by atoms with Gasteiger partial charge in [-0.3, -0.25) is 0 Å². The van der Waals surface area contributed by atoms with Crippen LogP contribution in [0.15, 0.2) is 67.0 Å². The number of carbonyl (C=O) groups is 1. The molecule has 6 heteroatoms. The van der Waals surface area contributed by atoms with E-state index in [1.54, 1.807) is 24.3 Å². The number of benzene rings is 2. The van der Waals surface area contributed by atoms with Gasteiger partial charge in [-0.15, -0.1) is 0 Å². The summed E-state index contributed by atoms with van der Waals surface area (Å²) in [5, 5.41) is 12.4. The third kappa shape index (κ3) is 4.16. The van der Waals surface area contributed by atoms with E-state index in [-0.39, 0.29) is 5.56 Å². The second-order valence-corrected chi connectivity index (χ2v) is 5.74. The average molecular weight is 348 g/mol. The molecule has 3 aromatic rings. The number of rotatable bonds is 7. The number of hydrogen-bond donors (Lipinski definition) is 2. The minimum absolute atomic E-state index is 0.198. The molecule has 0 aliphatic carbocycles. The molecular formula is C20H20N4O2. The lowest BCUT2D eigenvalue weighted by molar-refractivity contribution is 0.0698. The van der Waals surface area contributed by atoms with E-state index in [4.69, 9.17) is 0 Å². The Hall–Kier alpha value is -3.41. The average Bonchev–Trinajstić information content (AvgIpc) is 2.67. The number of carboxylic acids is 1. The number of nitrogens with one attached hydrogen (secondary N) is 1. The normalized spacial score (nSPS) is 10.3. The van der Waals surface area contributed by atoms with E-state index in [2.05, 4.69) is 39.2 Å². The molecule has 0 saturated carbocycles. The molecule has 0 bridgehead atoms. The predicted molar refractivity (Wildman–Crippen MR) is 102 cm³/mol. The fraction of sp³-hybridized carbons (Fsp3) is 0.150.